The number of carbonyl (C=O) groups excluding carboxylic acids is 2. The van der Waals surface area contributed by atoms with Gasteiger partial charge in [0, 0.05) is 19.4 Å². The third-order valence-electron chi connectivity index (χ3n) is 7.42. The molecule has 10 heteroatoms. The highest BCUT2D eigenvalue weighted by molar-refractivity contribution is 7.47. The number of hydrogen-bond acceptors (Lipinski definition) is 8. The van der Waals surface area contributed by atoms with E-state index in [1.54, 1.807) is 0 Å². The van der Waals surface area contributed by atoms with Crippen LogP contribution in [0.25, 0.3) is 0 Å². The van der Waals surface area contributed by atoms with Gasteiger partial charge in [-0.2, -0.15) is 0 Å². The summed E-state index contributed by atoms with van der Waals surface area (Å²) in [7, 11) is -4.38. The number of phosphoric acid groups is 1. The van der Waals surface area contributed by atoms with Gasteiger partial charge in [0.25, 0.3) is 0 Å². The van der Waals surface area contributed by atoms with Crippen molar-refractivity contribution in [3.63, 3.8) is 0 Å². The summed E-state index contributed by atoms with van der Waals surface area (Å²) >= 11 is 0. The van der Waals surface area contributed by atoms with Crippen LogP contribution < -0.4 is 5.73 Å². The number of rotatable bonds is 34. The average molecular weight is 710 g/mol. The summed E-state index contributed by atoms with van der Waals surface area (Å²) in [4.78, 5) is 34.6. The molecule has 1 unspecified atom stereocenters. The Hall–Kier alpha value is -2.29. The van der Waals surface area contributed by atoms with Crippen LogP contribution >= 0.6 is 7.82 Å². The monoisotopic (exact) mass is 709 g/mol. The van der Waals surface area contributed by atoms with E-state index in [0.717, 1.165) is 57.8 Å². The van der Waals surface area contributed by atoms with Gasteiger partial charge in [0.1, 0.15) is 6.61 Å². The summed E-state index contributed by atoms with van der Waals surface area (Å²) in [5.41, 5.74) is 5.32. The third kappa shape index (κ3) is 35.3. The molecule has 0 bridgehead atoms. The van der Waals surface area contributed by atoms with E-state index in [1.807, 2.05) is 6.08 Å². The summed E-state index contributed by atoms with van der Waals surface area (Å²) in [6.45, 7) is 3.52. The zero-order chi connectivity index (χ0) is 36.1. The summed E-state index contributed by atoms with van der Waals surface area (Å²) in [5.74, 6) is -0.903. The van der Waals surface area contributed by atoms with E-state index in [-0.39, 0.29) is 32.6 Å². The van der Waals surface area contributed by atoms with E-state index in [2.05, 4.69) is 68.5 Å². The summed E-state index contributed by atoms with van der Waals surface area (Å²) < 4.78 is 32.5. The summed E-state index contributed by atoms with van der Waals surface area (Å²) in [6, 6.07) is 0. The smallest absolute Gasteiger partial charge is 0.462 e. The third-order valence-corrected chi connectivity index (χ3v) is 8.40. The number of allylic oxidation sites excluding steroid dienone is 10. The molecule has 0 aliphatic heterocycles. The maximum absolute atomic E-state index is 12.5. The molecule has 3 N–H and O–H groups in total. The number of ether oxygens (including phenoxy) is 2. The van der Waals surface area contributed by atoms with Crippen LogP contribution in [0.15, 0.2) is 60.8 Å². The van der Waals surface area contributed by atoms with E-state index in [9.17, 15) is 19.0 Å². The maximum Gasteiger partial charge on any atom is 0.472 e. The van der Waals surface area contributed by atoms with Gasteiger partial charge in [-0.05, 0) is 51.4 Å². The molecular formula is C39H68NO8P. The van der Waals surface area contributed by atoms with Gasteiger partial charge >= 0.3 is 19.8 Å². The first-order valence-electron chi connectivity index (χ1n) is 18.8. The van der Waals surface area contributed by atoms with Gasteiger partial charge in [0.05, 0.1) is 13.2 Å². The van der Waals surface area contributed by atoms with Crippen molar-refractivity contribution in [2.45, 2.75) is 148 Å². The predicted molar refractivity (Wildman–Crippen MR) is 201 cm³/mol. The Kier molecular flexibility index (Phi) is 33.9. The minimum atomic E-state index is -4.38. The molecule has 0 aromatic heterocycles. The van der Waals surface area contributed by atoms with Crippen molar-refractivity contribution < 1.29 is 37.6 Å². The van der Waals surface area contributed by atoms with Crippen molar-refractivity contribution in [2.24, 2.45) is 5.73 Å². The molecule has 0 aromatic carbocycles. The van der Waals surface area contributed by atoms with Gasteiger partial charge < -0.3 is 20.1 Å². The first-order chi connectivity index (χ1) is 23.8. The van der Waals surface area contributed by atoms with Gasteiger partial charge in [-0.25, -0.2) is 4.57 Å². The van der Waals surface area contributed by atoms with E-state index in [1.165, 1.54) is 44.9 Å². The summed E-state index contributed by atoms with van der Waals surface area (Å²) in [6.07, 6.45) is 39.7. The maximum atomic E-state index is 12.5. The Morgan fingerprint density at radius 3 is 1.65 bits per heavy atom. The Morgan fingerprint density at radius 2 is 1.12 bits per heavy atom. The van der Waals surface area contributed by atoms with Crippen molar-refractivity contribution in [1.82, 2.24) is 0 Å². The SMILES string of the molecule is CC/C=C\C/C=C\C/C=C\C/C=C\C/C=C\CCCC(=O)OC[C@H](COP(=O)(O)OCCN)OC(=O)CCCCCCCCCCCCC. The van der Waals surface area contributed by atoms with Gasteiger partial charge in [-0.15, -0.1) is 0 Å². The van der Waals surface area contributed by atoms with Crippen molar-refractivity contribution in [3.8, 4) is 0 Å². The number of carbonyl (C=O) groups is 2. The second kappa shape index (κ2) is 35.5. The van der Waals surface area contributed by atoms with Crippen molar-refractivity contribution >= 4 is 19.8 Å². The van der Waals surface area contributed by atoms with Gasteiger partial charge in [0.15, 0.2) is 6.10 Å². The molecule has 9 nitrogen and oxygen atoms in total. The van der Waals surface area contributed by atoms with Crippen molar-refractivity contribution in [1.29, 1.82) is 0 Å². The van der Waals surface area contributed by atoms with Crippen LogP contribution in [0.5, 0.6) is 0 Å². The van der Waals surface area contributed by atoms with Gasteiger partial charge in [-0.1, -0.05) is 139 Å². The molecular weight excluding hydrogens is 641 g/mol. The second-order valence-electron chi connectivity index (χ2n) is 12.1. The number of unbranched alkanes of at least 4 members (excludes halogenated alkanes) is 11. The lowest BCUT2D eigenvalue weighted by Gasteiger charge is -2.19. The highest BCUT2D eigenvalue weighted by Gasteiger charge is 2.25. The largest absolute Gasteiger partial charge is 0.472 e. The van der Waals surface area contributed by atoms with Gasteiger partial charge in [-0.3, -0.25) is 18.6 Å². The fourth-order valence-corrected chi connectivity index (χ4v) is 5.43. The molecule has 0 saturated heterocycles. The lowest BCUT2D eigenvalue weighted by atomic mass is 10.1. The lowest BCUT2D eigenvalue weighted by molar-refractivity contribution is -0.161. The predicted octanol–water partition coefficient (Wildman–Crippen LogP) is 10.2. The van der Waals surface area contributed by atoms with Crippen LogP contribution in [0.2, 0.25) is 0 Å². The van der Waals surface area contributed by atoms with E-state index in [4.69, 9.17) is 24.3 Å². The van der Waals surface area contributed by atoms with Gasteiger partial charge in [0.2, 0.25) is 0 Å². The zero-order valence-electron chi connectivity index (χ0n) is 30.7. The van der Waals surface area contributed by atoms with Crippen LogP contribution in [0.1, 0.15) is 142 Å². The van der Waals surface area contributed by atoms with E-state index < -0.39 is 32.5 Å². The molecule has 282 valence electrons. The molecule has 0 saturated carbocycles. The number of esters is 2. The van der Waals surface area contributed by atoms with Crippen LogP contribution in [0.3, 0.4) is 0 Å². The number of nitrogens with two attached hydrogens (primary N) is 1. The highest BCUT2D eigenvalue weighted by atomic mass is 31.2. The normalized spacial score (nSPS) is 14.1. The van der Waals surface area contributed by atoms with Crippen LogP contribution in [-0.2, 0) is 32.7 Å². The molecule has 0 aromatic rings. The fraction of sp³-hybridized carbons (Fsp3) is 0.692. The highest BCUT2D eigenvalue weighted by Crippen LogP contribution is 2.43. The Labute approximate surface area is 298 Å². The average Bonchev–Trinajstić information content (AvgIpc) is 3.08. The first kappa shape index (κ1) is 46.7. The van der Waals surface area contributed by atoms with Crippen molar-refractivity contribution in [3.05, 3.63) is 60.8 Å². The second-order valence-corrected chi connectivity index (χ2v) is 13.5. The Bertz CT molecular complexity index is 992. The topological polar surface area (TPSA) is 134 Å². The minimum Gasteiger partial charge on any atom is -0.462 e. The molecule has 0 radical (unpaired) electrons. The molecule has 0 aliphatic rings. The molecule has 0 amide bonds. The van der Waals surface area contributed by atoms with E-state index in [0.29, 0.717) is 12.8 Å². The van der Waals surface area contributed by atoms with E-state index >= 15 is 0 Å². The molecule has 0 aliphatic carbocycles. The van der Waals surface area contributed by atoms with Crippen molar-refractivity contribution in [2.75, 3.05) is 26.4 Å². The lowest BCUT2D eigenvalue weighted by Crippen LogP contribution is -2.29. The molecule has 0 fully saturated rings. The quantitative estimate of drug-likeness (QED) is 0.0290. The fourth-order valence-electron chi connectivity index (χ4n) is 4.67. The molecule has 2 atom stereocenters. The summed E-state index contributed by atoms with van der Waals surface area (Å²) in [5, 5.41) is 0. The zero-order valence-corrected chi connectivity index (χ0v) is 31.5. The first-order valence-corrected chi connectivity index (χ1v) is 20.3. The number of hydrogen-bond donors (Lipinski definition) is 2. The minimum absolute atomic E-state index is 0.0442. The Balaban J connectivity index is 4.33. The van der Waals surface area contributed by atoms with Crippen LogP contribution in [0.4, 0.5) is 0 Å². The Morgan fingerprint density at radius 1 is 0.633 bits per heavy atom. The molecule has 49 heavy (non-hydrogen) atoms. The molecule has 0 spiro atoms. The molecule has 0 rings (SSSR count). The standard InChI is InChI=1S/C39H68NO8P/c1-3-5-7-9-11-13-15-16-17-18-19-20-22-23-25-27-29-31-38(41)45-35-37(36-47-49(43,44)46-34-33-40)48-39(42)32-30-28-26-24-21-14-12-10-8-6-4-2/h5,7,11,13,16-17,19-20,23,25,37H,3-4,6,8-10,12,14-15,18,21-22,24,26-36,40H2,1-2H3,(H,43,44)/b7-5-,13-11-,17-16-,20-19-,25-23-/t37-/m1/s1. The van der Waals surface area contributed by atoms with Crippen LogP contribution in [0, 0.1) is 0 Å². The number of phosphoric ester groups is 1. The molecule has 0 heterocycles. The van der Waals surface area contributed by atoms with Crippen LogP contribution in [-0.4, -0.2) is 49.3 Å².